The molecule has 0 radical (unpaired) electrons. The number of rotatable bonds is 4. The van der Waals surface area contributed by atoms with Gasteiger partial charge < -0.3 is 14.8 Å². The molecule has 0 bridgehead atoms. The van der Waals surface area contributed by atoms with Crippen LogP contribution in [0.4, 0.5) is 5.69 Å². The van der Waals surface area contributed by atoms with E-state index in [4.69, 9.17) is 21.1 Å². The van der Waals surface area contributed by atoms with Gasteiger partial charge in [-0.3, -0.25) is 4.79 Å². The summed E-state index contributed by atoms with van der Waals surface area (Å²) >= 11 is 5.98. The Kier molecular flexibility index (Phi) is 5.23. The molecule has 3 aromatic carbocycles. The molecular weight excluding hydrogens is 390 g/mol. The van der Waals surface area contributed by atoms with Crippen LogP contribution < -0.4 is 14.8 Å². The highest BCUT2D eigenvalue weighted by Gasteiger charge is 2.31. The van der Waals surface area contributed by atoms with Gasteiger partial charge in [-0.1, -0.05) is 29.3 Å². The predicted molar refractivity (Wildman–Crippen MR) is 111 cm³/mol. The molecule has 1 heterocycles. The normalized spacial score (nSPS) is 14.6. The Morgan fingerprint density at radius 2 is 1.86 bits per heavy atom. The molecular formula is C23H18ClNO4. The topological polar surface area (TPSA) is 64.6 Å². The summed E-state index contributed by atoms with van der Waals surface area (Å²) in [4.78, 5) is 24.7. The molecule has 1 N–H and O–H groups in total. The first-order valence-electron chi connectivity index (χ1n) is 9.13. The monoisotopic (exact) mass is 407 g/mol. The Labute approximate surface area is 173 Å². The highest BCUT2D eigenvalue weighted by molar-refractivity contribution is 6.30. The highest BCUT2D eigenvalue weighted by Crippen LogP contribution is 2.31. The molecule has 0 saturated carbocycles. The molecule has 0 aromatic heterocycles. The lowest BCUT2D eigenvalue weighted by atomic mass is 10.1. The second kappa shape index (κ2) is 7.97. The van der Waals surface area contributed by atoms with Crippen molar-refractivity contribution in [3.8, 4) is 11.5 Å². The first-order chi connectivity index (χ1) is 14.0. The zero-order valence-electron chi connectivity index (χ0n) is 15.6. The summed E-state index contributed by atoms with van der Waals surface area (Å²) in [5, 5.41) is 3.42. The van der Waals surface area contributed by atoms with Crippen molar-refractivity contribution in [1.29, 1.82) is 0 Å². The first kappa shape index (κ1) is 19.0. The maximum Gasteiger partial charge on any atom is 0.353 e. The smallest absolute Gasteiger partial charge is 0.353 e. The van der Waals surface area contributed by atoms with Gasteiger partial charge in [0.25, 0.3) is 5.91 Å². The van der Waals surface area contributed by atoms with Gasteiger partial charge in [-0.15, -0.1) is 0 Å². The first-order valence-corrected chi connectivity index (χ1v) is 9.50. The van der Waals surface area contributed by atoms with E-state index < -0.39 is 12.1 Å². The number of hydrogen-bond acceptors (Lipinski definition) is 4. The highest BCUT2D eigenvalue weighted by atomic mass is 35.5. The van der Waals surface area contributed by atoms with Crippen molar-refractivity contribution in [2.24, 2.45) is 0 Å². The third-order valence-corrected chi connectivity index (χ3v) is 4.81. The van der Waals surface area contributed by atoms with Gasteiger partial charge in [0, 0.05) is 22.7 Å². The summed E-state index contributed by atoms with van der Waals surface area (Å²) in [5.74, 6) is 0.342. The van der Waals surface area contributed by atoms with E-state index in [9.17, 15) is 9.59 Å². The average molecular weight is 408 g/mol. The summed E-state index contributed by atoms with van der Waals surface area (Å²) in [6.07, 6.45) is -0.288. The van der Waals surface area contributed by atoms with Crippen LogP contribution in [0.3, 0.4) is 0 Å². The fraction of sp³-hybridized carbons (Fsp3) is 0.130. The number of anilines is 1. The molecule has 29 heavy (non-hydrogen) atoms. The second-order valence-corrected chi connectivity index (χ2v) is 7.27. The van der Waals surface area contributed by atoms with Crippen molar-refractivity contribution in [3.05, 3.63) is 88.4 Å². The van der Waals surface area contributed by atoms with Crippen LogP contribution in [-0.2, 0) is 11.2 Å². The van der Waals surface area contributed by atoms with Gasteiger partial charge in [0.05, 0.1) is 0 Å². The molecule has 0 saturated heterocycles. The molecule has 5 nitrogen and oxygen atoms in total. The number of nitrogens with one attached hydrogen (secondary N) is 1. The lowest BCUT2D eigenvalue weighted by Gasteiger charge is -2.11. The number of carbonyl (C=O) groups is 2. The molecule has 1 aliphatic rings. The Hall–Kier alpha value is -3.31. The molecule has 3 aromatic rings. The predicted octanol–water partition coefficient (Wildman–Crippen LogP) is 4.81. The number of aryl methyl sites for hydroxylation is 1. The molecule has 0 aliphatic carbocycles. The number of esters is 1. The summed E-state index contributed by atoms with van der Waals surface area (Å²) in [7, 11) is 0. The average Bonchev–Trinajstić information content (AvgIpc) is 3.13. The van der Waals surface area contributed by atoms with Crippen LogP contribution >= 0.6 is 11.6 Å². The van der Waals surface area contributed by atoms with Gasteiger partial charge in [-0.05, 0) is 67.1 Å². The standard InChI is InChI=1S/C23H18ClNO4/c1-14-3-2-4-15(11-14)22(26)25-18-6-8-19(9-7-18)28-23(27)21-13-16-12-17(24)5-10-20(16)29-21/h2-12,21H,13H2,1H3,(H,25,26)/t21-/m1/s1. The SMILES string of the molecule is Cc1cccc(C(=O)Nc2ccc(OC(=O)[C@H]3Cc4cc(Cl)ccc4O3)cc2)c1. The number of hydrogen-bond donors (Lipinski definition) is 1. The third kappa shape index (κ3) is 4.41. The van der Waals surface area contributed by atoms with Crippen LogP contribution in [0.2, 0.25) is 5.02 Å². The van der Waals surface area contributed by atoms with Gasteiger partial charge in [-0.25, -0.2) is 4.79 Å². The fourth-order valence-electron chi connectivity index (χ4n) is 3.13. The van der Waals surface area contributed by atoms with E-state index in [1.54, 1.807) is 48.5 Å². The van der Waals surface area contributed by atoms with Crippen molar-refractivity contribution >= 4 is 29.2 Å². The van der Waals surface area contributed by atoms with Crippen LogP contribution in [0.15, 0.2) is 66.7 Å². The van der Waals surface area contributed by atoms with E-state index in [-0.39, 0.29) is 5.91 Å². The van der Waals surface area contributed by atoms with Crippen LogP contribution in [-0.4, -0.2) is 18.0 Å². The van der Waals surface area contributed by atoms with Crippen molar-refractivity contribution in [1.82, 2.24) is 0 Å². The lowest BCUT2D eigenvalue weighted by molar-refractivity contribution is -0.141. The molecule has 1 atom stereocenters. The largest absolute Gasteiger partial charge is 0.478 e. The maximum absolute atomic E-state index is 12.4. The quantitative estimate of drug-likeness (QED) is 0.498. The van der Waals surface area contributed by atoms with E-state index in [1.807, 2.05) is 25.1 Å². The molecule has 4 rings (SSSR count). The van der Waals surface area contributed by atoms with E-state index in [1.165, 1.54) is 0 Å². The number of carbonyl (C=O) groups excluding carboxylic acids is 2. The van der Waals surface area contributed by atoms with E-state index in [0.717, 1.165) is 11.1 Å². The van der Waals surface area contributed by atoms with E-state index >= 15 is 0 Å². The minimum Gasteiger partial charge on any atom is -0.478 e. The number of amides is 1. The molecule has 0 spiro atoms. The molecule has 1 aliphatic heterocycles. The van der Waals surface area contributed by atoms with Crippen molar-refractivity contribution in [2.75, 3.05) is 5.32 Å². The second-order valence-electron chi connectivity index (χ2n) is 6.83. The Balaban J connectivity index is 1.36. The van der Waals surface area contributed by atoms with Gasteiger partial charge in [0.15, 0.2) is 6.10 Å². The number of benzene rings is 3. The zero-order valence-corrected chi connectivity index (χ0v) is 16.4. The summed E-state index contributed by atoms with van der Waals surface area (Å²) in [5.41, 5.74) is 3.08. The van der Waals surface area contributed by atoms with E-state index in [0.29, 0.717) is 34.2 Å². The molecule has 0 unspecified atom stereocenters. The number of ether oxygens (including phenoxy) is 2. The third-order valence-electron chi connectivity index (χ3n) is 4.57. The number of fused-ring (bicyclic) bond motifs is 1. The van der Waals surface area contributed by atoms with Gasteiger partial charge >= 0.3 is 5.97 Å². The van der Waals surface area contributed by atoms with Crippen LogP contribution in [0, 0.1) is 6.92 Å². The van der Waals surface area contributed by atoms with Crippen LogP contribution in [0.25, 0.3) is 0 Å². The van der Waals surface area contributed by atoms with Crippen molar-refractivity contribution in [3.63, 3.8) is 0 Å². The fourth-order valence-corrected chi connectivity index (χ4v) is 3.32. The molecule has 0 fully saturated rings. The van der Waals surface area contributed by atoms with Crippen molar-refractivity contribution in [2.45, 2.75) is 19.4 Å². The Morgan fingerprint density at radius 1 is 1.07 bits per heavy atom. The van der Waals surface area contributed by atoms with Crippen molar-refractivity contribution < 1.29 is 19.1 Å². The Morgan fingerprint density at radius 3 is 2.62 bits per heavy atom. The minimum absolute atomic E-state index is 0.200. The number of halogens is 1. The van der Waals surface area contributed by atoms with Gasteiger partial charge in [0.1, 0.15) is 11.5 Å². The lowest BCUT2D eigenvalue weighted by Crippen LogP contribution is -2.29. The summed E-state index contributed by atoms with van der Waals surface area (Å²) in [6.45, 7) is 1.93. The summed E-state index contributed by atoms with van der Waals surface area (Å²) < 4.78 is 11.1. The van der Waals surface area contributed by atoms with Crippen LogP contribution in [0.1, 0.15) is 21.5 Å². The van der Waals surface area contributed by atoms with Crippen LogP contribution in [0.5, 0.6) is 11.5 Å². The summed E-state index contributed by atoms with van der Waals surface area (Å²) in [6, 6.07) is 19.2. The Bertz CT molecular complexity index is 1080. The molecule has 1 amide bonds. The van der Waals surface area contributed by atoms with Gasteiger partial charge in [-0.2, -0.15) is 0 Å². The molecule has 6 heteroatoms. The van der Waals surface area contributed by atoms with E-state index in [2.05, 4.69) is 5.32 Å². The minimum atomic E-state index is -0.704. The maximum atomic E-state index is 12.4. The van der Waals surface area contributed by atoms with Gasteiger partial charge in [0.2, 0.25) is 0 Å². The zero-order chi connectivity index (χ0) is 20.4. The molecule has 146 valence electrons.